The first-order valence-electron chi connectivity index (χ1n) is 46.5. The van der Waals surface area contributed by atoms with Gasteiger partial charge in [0.1, 0.15) is 52.9 Å². The number of nitrogens with zero attached hydrogens (tertiary/aromatic N) is 24. The first-order valence-corrected chi connectivity index (χ1v) is 46.5. The molecule has 20 aromatic rings. The second-order valence-electron chi connectivity index (χ2n) is 33.9. The summed E-state index contributed by atoms with van der Waals surface area (Å²) in [4.78, 5) is 66.3. The summed E-state index contributed by atoms with van der Waals surface area (Å²) >= 11 is 0. The van der Waals surface area contributed by atoms with E-state index in [0.717, 1.165) is 64.9 Å². The first kappa shape index (κ1) is 101. The molecule has 1 aliphatic carbocycles. The molecule has 4 N–H and O–H groups in total. The fourth-order valence-electron chi connectivity index (χ4n) is 15.5. The van der Waals surface area contributed by atoms with Crippen molar-refractivity contribution in [2.24, 2.45) is 0 Å². The van der Waals surface area contributed by atoms with E-state index in [1.807, 2.05) is 97.1 Å². The molecule has 44 nitrogen and oxygen atoms in total. The zero-order valence-corrected chi connectivity index (χ0v) is 80.8. The Balaban J connectivity index is 0.000000130. The Morgan fingerprint density at radius 1 is 0.409 bits per heavy atom. The highest BCUT2D eigenvalue weighted by Crippen LogP contribution is 2.36. The van der Waals surface area contributed by atoms with Gasteiger partial charge in [0, 0.05) is 153 Å². The minimum atomic E-state index is -3.04. The topological polar surface area (TPSA) is 518 Å². The predicted molar refractivity (Wildman–Crippen MR) is 523 cm³/mol. The van der Waals surface area contributed by atoms with Crippen LogP contribution in [0.4, 0.5) is 17.6 Å². The standard InChI is InChI=1S/C26H25N7O4.2C25H23F2N7O4.C25H21N7O4/c1-35-15-19-12-22(32-37-19)24-30-29-23-20-8-4-5-9-21(20)26(31-33(23)24)36-14-18-11-10-16(13-27-18)25(34)28-17-6-2-3-7-17;1-14(25(2,26)27)29-23(35)15-8-9-16(28-11-15)12-37-24-19-7-5-4-6-18(19)21-30-31-22(34(21)32-24)20-10-17(13-36-3)38-33-20;1-3-25(26,27)14-29-23(35)15-8-9-16(28-11-15)12-37-24-19-7-5-4-6-18(19)21-30-31-22(34(21)32-24)20-10-17(13-36-2)38-33-20;1-3-4-11-26-24(33)16-9-10-17(27-13-16)14-35-25-20-8-6-5-7-19(20)22-28-29-23(32(22)30-25)21-12-18(15-34-2)36-31-21/h4-5,8-13,17H,2-3,6-7,14-15H2,1H3,(H,28,34);4-11,14H,12-13H2,1-3H3,(H,29,35);4-11H,3,12-14H2,1-2H3,(H,29,35);1,5-10,12-13H,4,11,14-15H2,2H3,(H,26,33). The van der Waals surface area contributed by atoms with E-state index < -0.39 is 36.2 Å². The molecule has 0 saturated heterocycles. The normalized spacial score (nSPS) is 12.4. The van der Waals surface area contributed by atoms with Crippen LogP contribution in [-0.2, 0) is 71.8 Å². The van der Waals surface area contributed by atoms with Crippen molar-refractivity contribution in [3.05, 3.63) is 263 Å². The van der Waals surface area contributed by atoms with Crippen molar-refractivity contribution < 1.29 is 92.7 Å². The van der Waals surface area contributed by atoms with Crippen LogP contribution in [0.15, 0.2) is 213 Å². The predicted octanol–water partition coefficient (Wildman–Crippen LogP) is 14.2. The zero-order valence-electron chi connectivity index (χ0n) is 80.8. The maximum absolute atomic E-state index is 13.4. The van der Waals surface area contributed by atoms with Gasteiger partial charge in [-0.3, -0.25) is 39.1 Å². The van der Waals surface area contributed by atoms with Crippen LogP contribution in [0.2, 0.25) is 0 Å². The van der Waals surface area contributed by atoms with Gasteiger partial charge in [-0.25, -0.2) is 17.6 Å². The number of pyridine rings is 4. The Labute approximate surface area is 841 Å². The quantitative estimate of drug-likeness (QED) is 0.0161. The maximum atomic E-state index is 13.4. The molecule has 1 atom stereocenters. The van der Waals surface area contributed by atoms with Crippen molar-refractivity contribution >= 4 is 89.3 Å². The number of hydrogen-bond acceptors (Lipinski definition) is 36. The summed E-state index contributed by atoms with van der Waals surface area (Å²) in [5.41, 5.74) is 7.61. The van der Waals surface area contributed by atoms with Crippen LogP contribution < -0.4 is 40.2 Å². The van der Waals surface area contributed by atoms with Crippen LogP contribution in [0.3, 0.4) is 0 Å². The highest BCUT2D eigenvalue weighted by atomic mass is 19.3. The lowest BCUT2D eigenvalue weighted by Gasteiger charge is -2.20. The van der Waals surface area contributed by atoms with Gasteiger partial charge >= 0.3 is 0 Å². The zero-order chi connectivity index (χ0) is 104. The van der Waals surface area contributed by atoms with Gasteiger partial charge in [0.05, 0.1) is 57.6 Å². The number of nitrogens with one attached hydrogen (secondary N) is 4. The lowest BCUT2D eigenvalue weighted by molar-refractivity contribution is -0.0108. The number of alkyl halides is 4. The molecule has 21 rings (SSSR count). The van der Waals surface area contributed by atoms with Crippen molar-refractivity contribution in [3.8, 4) is 81.9 Å². The summed E-state index contributed by atoms with van der Waals surface area (Å²) < 4.78 is 126. The molecule has 0 bridgehead atoms. The second kappa shape index (κ2) is 45.8. The Kier molecular flexibility index (Phi) is 31.0. The van der Waals surface area contributed by atoms with Crippen LogP contribution in [0, 0.1) is 12.3 Å². The lowest BCUT2D eigenvalue weighted by Crippen LogP contribution is -2.43. The summed E-state index contributed by atoms with van der Waals surface area (Å²) in [6, 6.07) is 49.2. The number of carbonyl (C=O) groups excluding carboxylic acids is 4. The molecule has 1 aliphatic rings. The van der Waals surface area contributed by atoms with Crippen molar-refractivity contribution in [2.45, 2.75) is 136 Å². The van der Waals surface area contributed by atoms with E-state index in [9.17, 15) is 36.7 Å². The van der Waals surface area contributed by atoms with E-state index in [-0.39, 0.29) is 81.7 Å². The molecule has 760 valence electrons. The molecule has 0 radical (unpaired) electrons. The molecule has 149 heavy (non-hydrogen) atoms. The highest BCUT2D eigenvalue weighted by Gasteiger charge is 2.33. The largest absolute Gasteiger partial charge is 0.470 e. The lowest BCUT2D eigenvalue weighted by atomic mass is 10.1. The van der Waals surface area contributed by atoms with Crippen molar-refractivity contribution in [2.75, 3.05) is 41.5 Å². The van der Waals surface area contributed by atoms with Gasteiger partial charge in [0.25, 0.3) is 35.5 Å². The fraction of sp³-hybridized carbons (Fsp3) is 0.267. The average Bonchev–Trinajstić information content (AvgIpc) is 1.62. The Morgan fingerprint density at radius 3 is 0.987 bits per heavy atom. The van der Waals surface area contributed by atoms with Crippen LogP contribution in [-0.4, -0.2) is 209 Å². The Bertz CT molecular complexity index is 8200. The number of ether oxygens (including phenoxy) is 8. The summed E-state index contributed by atoms with van der Waals surface area (Å²) in [5.74, 6) is 0.00232. The number of hydrogen-bond donors (Lipinski definition) is 4. The summed E-state index contributed by atoms with van der Waals surface area (Å²) in [7, 11) is 6.26. The van der Waals surface area contributed by atoms with Gasteiger partial charge in [-0.05, 0) is 92.6 Å². The van der Waals surface area contributed by atoms with Crippen molar-refractivity contribution in [3.63, 3.8) is 0 Å². The monoisotopic (exact) mass is 2030 g/mol. The summed E-state index contributed by atoms with van der Waals surface area (Å²) in [5, 5.41) is 85.5. The molecule has 1 saturated carbocycles. The van der Waals surface area contributed by atoms with Gasteiger partial charge < -0.3 is 77.3 Å². The number of rotatable bonds is 36. The molecule has 4 amide bonds. The maximum Gasteiger partial charge on any atom is 0.264 e. The third kappa shape index (κ3) is 23.4. The molecule has 4 aromatic carbocycles. The minimum Gasteiger partial charge on any atom is -0.470 e. The molecular formula is C101H92F4N28O16. The van der Waals surface area contributed by atoms with E-state index in [0.29, 0.717) is 179 Å². The first-order chi connectivity index (χ1) is 72.5. The SMILES string of the molecule is C#CCCNC(=O)c1ccc(COc2nn3c(-c4cc(COC)on4)nnc3c3ccccc23)nc1.CCC(F)(F)CNC(=O)c1ccc(COc2nn3c(-c4cc(COC)on4)nnc3c3ccccc23)nc1.COCc1cc(-c2nnc3c4ccccc4c(OCc4ccc(C(=O)NC(C)C(C)(F)F)cn4)nn23)no1.COCc1cc(-c2nnc3c4ccccc4c(OCc4ccc(C(=O)NC5CCCC5)cn4)nn23)no1. The van der Waals surface area contributed by atoms with Gasteiger partial charge in [-0.15, -0.1) is 73.5 Å². The molecule has 0 aliphatic heterocycles. The van der Waals surface area contributed by atoms with Crippen LogP contribution in [0.25, 0.3) is 112 Å². The smallest absolute Gasteiger partial charge is 0.264 e. The third-order valence-corrected chi connectivity index (χ3v) is 23.4. The molecule has 48 heteroatoms. The van der Waals surface area contributed by atoms with Gasteiger partial charge in [-0.1, -0.05) is 113 Å². The number of benzene rings is 4. The van der Waals surface area contributed by atoms with Gasteiger partial charge in [0.2, 0.25) is 46.8 Å². The molecule has 0 spiro atoms. The molecule has 1 fully saturated rings. The number of methoxy groups -OCH3 is 4. The van der Waals surface area contributed by atoms with E-state index in [4.69, 9.17) is 62.4 Å². The molecular weight excluding hydrogens is 1940 g/mol. The number of aromatic nitrogens is 24. The molecule has 16 heterocycles. The third-order valence-electron chi connectivity index (χ3n) is 23.4. The second-order valence-corrected chi connectivity index (χ2v) is 33.9. The number of halogens is 4. The Morgan fingerprint density at radius 2 is 0.705 bits per heavy atom. The highest BCUT2D eigenvalue weighted by molar-refractivity contribution is 6.01. The van der Waals surface area contributed by atoms with Crippen LogP contribution >= 0.6 is 0 Å². The van der Waals surface area contributed by atoms with E-state index in [2.05, 4.69) is 129 Å². The number of carbonyl (C=O) groups is 4. The van der Waals surface area contributed by atoms with Gasteiger partial charge in [-0.2, -0.15) is 18.1 Å². The molecule has 1 unspecified atom stereocenters. The number of amides is 4. The Hall–Kier alpha value is -18.2. The van der Waals surface area contributed by atoms with Crippen molar-refractivity contribution in [1.29, 1.82) is 0 Å². The van der Waals surface area contributed by atoms with Crippen molar-refractivity contribution in [1.82, 2.24) is 141 Å². The number of fused-ring (bicyclic) bond motifs is 12. The van der Waals surface area contributed by atoms with Crippen LogP contribution in [0.5, 0.6) is 23.5 Å². The van der Waals surface area contributed by atoms with E-state index >= 15 is 0 Å². The van der Waals surface area contributed by atoms with E-state index in [1.165, 1.54) is 53.6 Å². The average molecular weight is 2030 g/mol. The minimum absolute atomic E-state index is 0.0350. The van der Waals surface area contributed by atoms with Gasteiger partial charge in [0.15, 0.2) is 68.4 Å². The number of terminal acetylenes is 1. The summed E-state index contributed by atoms with van der Waals surface area (Å²) in [6.07, 6.45) is 15.4. The fourth-order valence-corrected chi connectivity index (χ4v) is 15.5. The molecule has 16 aromatic heterocycles. The van der Waals surface area contributed by atoms with Crippen LogP contribution in [0.1, 0.15) is 147 Å². The van der Waals surface area contributed by atoms with E-state index in [1.54, 1.807) is 104 Å². The summed E-state index contributed by atoms with van der Waals surface area (Å²) in [6.45, 7) is 4.50.